The number of alkyl halides is 3. The van der Waals surface area contributed by atoms with Crippen LogP contribution >= 0.6 is 0 Å². The smallest absolute Gasteiger partial charge is 0.374 e. The molecule has 1 N–H and O–H groups in total. The molecule has 3 nitrogen and oxygen atoms in total. The zero-order valence-electron chi connectivity index (χ0n) is 9.84. The third-order valence-electron chi connectivity index (χ3n) is 2.79. The summed E-state index contributed by atoms with van der Waals surface area (Å²) in [5, 5.41) is 2.82. The van der Waals surface area contributed by atoms with Crippen LogP contribution in [0.5, 0.6) is 0 Å². The molecule has 0 saturated heterocycles. The van der Waals surface area contributed by atoms with E-state index in [0.717, 1.165) is 12.1 Å². The maximum atomic E-state index is 12.6. The Morgan fingerprint density at radius 2 is 2.11 bits per heavy atom. The van der Waals surface area contributed by atoms with Gasteiger partial charge in [-0.2, -0.15) is 13.2 Å². The van der Waals surface area contributed by atoms with Gasteiger partial charge in [-0.05, 0) is 24.6 Å². The van der Waals surface area contributed by atoms with Gasteiger partial charge in [0.25, 0.3) is 0 Å². The standard InChI is InChI=1S/C12H13F3N2O/c1-2-5-17-10-6-8(12(13,14)15)3-4-9(10)16-7-11(17)18/h3-4,6,16H,2,5,7H2,1H3. The number of nitrogens with one attached hydrogen (secondary N) is 1. The average molecular weight is 258 g/mol. The van der Waals surface area contributed by atoms with Gasteiger partial charge in [0.1, 0.15) is 0 Å². The van der Waals surface area contributed by atoms with Crippen LogP contribution in [0.15, 0.2) is 18.2 Å². The average Bonchev–Trinajstić information content (AvgIpc) is 2.31. The first-order chi connectivity index (χ1) is 8.43. The molecule has 18 heavy (non-hydrogen) atoms. The molecule has 0 aromatic heterocycles. The van der Waals surface area contributed by atoms with Crippen LogP contribution in [0.4, 0.5) is 24.5 Å². The second-order valence-corrected chi connectivity index (χ2v) is 4.13. The molecular weight excluding hydrogens is 245 g/mol. The summed E-state index contributed by atoms with van der Waals surface area (Å²) in [6.45, 7) is 2.43. The van der Waals surface area contributed by atoms with E-state index < -0.39 is 11.7 Å². The number of anilines is 2. The first-order valence-electron chi connectivity index (χ1n) is 5.69. The Labute approximate surface area is 103 Å². The van der Waals surface area contributed by atoms with Gasteiger partial charge in [0.15, 0.2) is 0 Å². The lowest BCUT2D eigenvalue weighted by Gasteiger charge is -2.30. The highest BCUT2D eigenvalue weighted by Gasteiger charge is 2.33. The first kappa shape index (κ1) is 12.7. The normalized spacial score (nSPS) is 15.3. The van der Waals surface area contributed by atoms with Gasteiger partial charge < -0.3 is 10.2 Å². The van der Waals surface area contributed by atoms with Crippen molar-refractivity contribution >= 4 is 17.3 Å². The van der Waals surface area contributed by atoms with Gasteiger partial charge in [0.2, 0.25) is 5.91 Å². The fraction of sp³-hybridized carbons (Fsp3) is 0.417. The second kappa shape index (κ2) is 4.51. The van der Waals surface area contributed by atoms with E-state index in [1.165, 1.54) is 11.0 Å². The van der Waals surface area contributed by atoms with Gasteiger partial charge >= 0.3 is 6.18 Å². The van der Waals surface area contributed by atoms with Crippen molar-refractivity contribution in [3.8, 4) is 0 Å². The number of halogens is 3. The van der Waals surface area contributed by atoms with Crippen molar-refractivity contribution in [1.29, 1.82) is 0 Å². The molecule has 1 heterocycles. The van der Waals surface area contributed by atoms with Crippen LogP contribution < -0.4 is 10.2 Å². The molecule has 1 aliphatic rings. The lowest BCUT2D eigenvalue weighted by atomic mass is 10.1. The molecule has 0 aliphatic carbocycles. The van der Waals surface area contributed by atoms with Crippen LogP contribution in [0.3, 0.4) is 0 Å². The van der Waals surface area contributed by atoms with E-state index in [0.29, 0.717) is 24.3 Å². The van der Waals surface area contributed by atoms with Crippen molar-refractivity contribution in [3.63, 3.8) is 0 Å². The third kappa shape index (κ3) is 2.27. The predicted molar refractivity (Wildman–Crippen MR) is 62.6 cm³/mol. The molecule has 1 aromatic rings. The Balaban J connectivity index is 2.45. The minimum atomic E-state index is -4.40. The topological polar surface area (TPSA) is 32.3 Å². The molecule has 0 atom stereocenters. The number of fused-ring (bicyclic) bond motifs is 1. The Bertz CT molecular complexity index is 471. The van der Waals surface area contributed by atoms with E-state index in [1.807, 2.05) is 6.92 Å². The molecular formula is C12H13F3N2O. The van der Waals surface area contributed by atoms with Crippen molar-refractivity contribution in [3.05, 3.63) is 23.8 Å². The van der Waals surface area contributed by atoms with Crippen LogP contribution in [0.2, 0.25) is 0 Å². The molecule has 1 aromatic carbocycles. The summed E-state index contributed by atoms with van der Waals surface area (Å²) in [7, 11) is 0. The number of hydrogen-bond donors (Lipinski definition) is 1. The molecule has 2 rings (SSSR count). The van der Waals surface area contributed by atoms with Crippen LogP contribution in [0.1, 0.15) is 18.9 Å². The van der Waals surface area contributed by atoms with Crippen molar-refractivity contribution in [2.45, 2.75) is 19.5 Å². The molecule has 0 fully saturated rings. The number of rotatable bonds is 2. The Hall–Kier alpha value is -1.72. The highest BCUT2D eigenvalue weighted by atomic mass is 19.4. The molecule has 98 valence electrons. The molecule has 0 bridgehead atoms. The summed E-state index contributed by atoms with van der Waals surface area (Å²) < 4.78 is 37.9. The van der Waals surface area contributed by atoms with Crippen molar-refractivity contribution in [1.82, 2.24) is 0 Å². The maximum absolute atomic E-state index is 12.6. The van der Waals surface area contributed by atoms with Gasteiger partial charge in [0, 0.05) is 6.54 Å². The molecule has 0 unspecified atom stereocenters. The SMILES string of the molecule is CCCN1C(=O)CNc2ccc(C(F)(F)F)cc21. The monoisotopic (exact) mass is 258 g/mol. The summed E-state index contributed by atoms with van der Waals surface area (Å²) in [5.41, 5.74) is 0.137. The van der Waals surface area contributed by atoms with Crippen LogP contribution in [0, 0.1) is 0 Å². The number of benzene rings is 1. The minimum absolute atomic E-state index is 0.123. The van der Waals surface area contributed by atoms with Crippen molar-refractivity contribution in [2.24, 2.45) is 0 Å². The van der Waals surface area contributed by atoms with E-state index >= 15 is 0 Å². The summed E-state index contributed by atoms with van der Waals surface area (Å²) in [5.74, 6) is -0.205. The van der Waals surface area contributed by atoms with Crippen LogP contribution in [-0.2, 0) is 11.0 Å². The highest BCUT2D eigenvalue weighted by Crippen LogP contribution is 2.37. The Kier molecular flexibility index (Phi) is 3.19. The molecule has 1 amide bonds. The second-order valence-electron chi connectivity index (χ2n) is 4.13. The van der Waals surface area contributed by atoms with E-state index in [9.17, 15) is 18.0 Å². The van der Waals surface area contributed by atoms with Gasteiger partial charge in [-0.1, -0.05) is 6.92 Å². The van der Waals surface area contributed by atoms with Gasteiger partial charge in [-0.25, -0.2) is 0 Å². The summed E-state index contributed by atoms with van der Waals surface area (Å²) in [4.78, 5) is 13.1. The zero-order chi connectivity index (χ0) is 13.3. The zero-order valence-corrected chi connectivity index (χ0v) is 9.84. The molecule has 1 aliphatic heterocycles. The van der Waals surface area contributed by atoms with Crippen molar-refractivity contribution in [2.75, 3.05) is 23.3 Å². The molecule has 6 heteroatoms. The van der Waals surface area contributed by atoms with Crippen LogP contribution in [0.25, 0.3) is 0 Å². The molecule has 0 saturated carbocycles. The number of amides is 1. The summed E-state index contributed by atoms with van der Waals surface area (Å²) in [6, 6.07) is 3.41. The Morgan fingerprint density at radius 1 is 1.39 bits per heavy atom. The largest absolute Gasteiger partial charge is 0.416 e. The van der Waals surface area contributed by atoms with Gasteiger partial charge in [-0.15, -0.1) is 0 Å². The molecule has 0 spiro atoms. The summed E-state index contributed by atoms with van der Waals surface area (Å²) in [6.07, 6.45) is -3.70. The maximum Gasteiger partial charge on any atom is 0.416 e. The fourth-order valence-corrected chi connectivity index (χ4v) is 1.95. The number of hydrogen-bond acceptors (Lipinski definition) is 2. The number of nitrogens with zero attached hydrogens (tertiary/aromatic N) is 1. The number of carbonyl (C=O) groups is 1. The fourth-order valence-electron chi connectivity index (χ4n) is 1.95. The predicted octanol–water partition coefficient (Wildman–Crippen LogP) is 2.87. The lowest BCUT2D eigenvalue weighted by Crippen LogP contribution is -2.40. The summed E-state index contributed by atoms with van der Waals surface area (Å²) >= 11 is 0. The Morgan fingerprint density at radius 3 is 2.72 bits per heavy atom. The van der Waals surface area contributed by atoms with Crippen molar-refractivity contribution < 1.29 is 18.0 Å². The van der Waals surface area contributed by atoms with Gasteiger partial charge in [-0.3, -0.25) is 4.79 Å². The molecule has 0 radical (unpaired) electrons. The van der Waals surface area contributed by atoms with E-state index in [1.54, 1.807) is 0 Å². The minimum Gasteiger partial charge on any atom is -0.374 e. The number of carbonyl (C=O) groups excluding carboxylic acids is 1. The quantitative estimate of drug-likeness (QED) is 0.884. The van der Waals surface area contributed by atoms with Gasteiger partial charge in [0.05, 0.1) is 23.5 Å². The van der Waals surface area contributed by atoms with E-state index in [4.69, 9.17) is 0 Å². The lowest BCUT2D eigenvalue weighted by molar-refractivity contribution is -0.137. The van der Waals surface area contributed by atoms with Crippen LogP contribution in [-0.4, -0.2) is 19.0 Å². The highest BCUT2D eigenvalue weighted by molar-refractivity contribution is 6.02. The first-order valence-corrected chi connectivity index (χ1v) is 5.69. The van der Waals surface area contributed by atoms with E-state index in [2.05, 4.69) is 5.32 Å². The van der Waals surface area contributed by atoms with E-state index in [-0.39, 0.29) is 12.5 Å². The third-order valence-corrected chi connectivity index (χ3v) is 2.79.